The SMILES string of the molecule is Cc1ccccc1CCNC1CC(NC(=O)OC(C)(C)C)C1. The molecule has 1 aromatic carbocycles. The van der Waals surface area contributed by atoms with E-state index in [-0.39, 0.29) is 12.1 Å². The highest BCUT2D eigenvalue weighted by Gasteiger charge is 2.31. The Bertz CT molecular complexity index is 502. The van der Waals surface area contributed by atoms with Crippen molar-refractivity contribution in [1.82, 2.24) is 10.6 Å². The zero-order chi connectivity index (χ0) is 16.2. The van der Waals surface area contributed by atoms with E-state index in [1.165, 1.54) is 11.1 Å². The van der Waals surface area contributed by atoms with E-state index in [1.807, 2.05) is 20.8 Å². The van der Waals surface area contributed by atoms with E-state index in [0.717, 1.165) is 25.8 Å². The number of nitrogens with one attached hydrogen (secondary N) is 2. The molecule has 1 aromatic rings. The summed E-state index contributed by atoms with van der Waals surface area (Å²) in [7, 11) is 0. The number of carbonyl (C=O) groups excluding carboxylic acids is 1. The number of carbonyl (C=O) groups is 1. The maximum absolute atomic E-state index is 11.7. The summed E-state index contributed by atoms with van der Waals surface area (Å²) < 4.78 is 5.26. The van der Waals surface area contributed by atoms with Crippen LogP contribution >= 0.6 is 0 Å². The van der Waals surface area contributed by atoms with E-state index in [4.69, 9.17) is 4.74 Å². The van der Waals surface area contributed by atoms with Crippen LogP contribution in [0.3, 0.4) is 0 Å². The van der Waals surface area contributed by atoms with Gasteiger partial charge in [0.25, 0.3) is 0 Å². The minimum atomic E-state index is -0.432. The van der Waals surface area contributed by atoms with Gasteiger partial charge < -0.3 is 15.4 Å². The van der Waals surface area contributed by atoms with Crippen LogP contribution in [0, 0.1) is 6.92 Å². The third-order valence-electron chi connectivity index (χ3n) is 3.95. The van der Waals surface area contributed by atoms with Crippen molar-refractivity contribution in [3.63, 3.8) is 0 Å². The molecule has 0 heterocycles. The van der Waals surface area contributed by atoms with Gasteiger partial charge in [-0.15, -0.1) is 0 Å². The van der Waals surface area contributed by atoms with E-state index < -0.39 is 5.60 Å². The molecule has 1 aliphatic carbocycles. The number of hydrogen-bond donors (Lipinski definition) is 2. The van der Waals surface area contributed by atoms with Crippen LogP contribution in [-0.2, 0) is 11.2 Å². The van der Waals surface area contributed by atoms with Gasteiger partial charge in [-0.25, -0.2) is 4.79 Å². The molecule has 0 saturated heterocycles. The maximum atomic E-state index is 11.7. The molecule has 122 valence electrons. The molecule has 1 aliphatic rings. The second-order valence-corrected chi connectivity index (χ2v) is 7.14. The van der Waals surface area contributed by atoms with Gasteiger partial charge in [-0.3, -0.25) is 0 Å². The smallest absolute Gasteiger partial charge is 0.407 e. The van der Waals surface area contributed by atoms with Gasteiger partial charge >= 0.3 is 6.09 Å². The van der Waals surface area contributed by atoms with Gasteiger partial charge in [-0.05, 0) is 64.6 Å². The van der Waals surface area contributed by atoms with Gasteiger partial charge in [-0.1, -0.05) is 24.3 Å². The molecule has 0 spiro atoms. The Kier molecular flexibility index (Phi) is 5.46. The first-order valence-corrected chi connectivity index (χ1v) is 8.11. The van der Waals surface area contributed by atoms with Crippen molar-refractivity contribution >= 4 is 6.09 Å². The highest BCUT2D eigenvalue weighted by molar-refractivity contribution is 5.68. The quantitative estimate of drug-likeness (QED) is 0.878. The number of benzene rings is 1. The first-order chi connectivity index (χ1) is 10.3. The lowest BCUT2D eigenvalue weighted by molar-refractivity contribution is 0.0465. The van der Waals surface area contributed by atoms with Crippen LogP contribution in [0.1, 0.15) is 44.7 Å². The van der Waals surface area contributed by atoms with Crippen LogP contribution < -0.4 is 10.6 Å². The van der Waals surface area contributed by atoms with Gasteiger partial charge in [0.05, 0.1) is 0 Å². The van der Waals surface area contributed by atoms with Crippen LogP contribution in [0.4, 0.5) is 4.79 Å². The molecule has 22 heavy (non-hydrogen) atoms. The highest BCUT2D eigenvalue weighted by atomic mass is 16.6. The second-order valence-electron chi connectivity index (χ2n) is 7.14. The molecule has 4 heteroatoms. The Hall–Kier alpha value is -1.55. The molecular weight excluding hydrogens is 276 g/mol. The summed E-state index contributed by atoms with van der Waals surface area (Å²) >= 11 is 0. The molecule has 0 unspecified atom stereocenters. The van der Waals surface area contributed by atoms with Crippen molar-refractivity contribution < 1.29 is 9.53 Å². The molecule has 4 nitrogen and oxygen atoms in total. The first-order valence-electron chi connectivity index (χ1n) is 8.11. The Morgan fingerprint density at radius 1 is 1.23 bits per heavy atom. The Morgan fingerprint density at radius 3 is 2.55 bits per heavy atom. The Balaban J connectivity index is 1.60. The minimum absolute atomic E-state index is 0.241. The molecule has 0 aliphatic heterocycles. The molecule has 2 N–H and O–H groups in total. The Labute approximate surface area is 133 Å². The molecule has 1 fully saturated rings. The van der Waals surface area contributed by atoms with Crippen molar-refractivity contribution in [3.8, 4) is 0 Å². The van der Waals surface area contributed by atoms with Gasteiger partial charge in [0.1, 0.15) is 5.60 Å². The van der Waals surface area contributed by atoms with E-state index in [0.29, 0.717) is 6.04 Å². The third-order valence-corrected chi connectivity index (χ3v) is 3.95. The van der Waals surface area contributed by atoms with Gasteiger partial charge in [0.15, 0.2) is 0 Å². The number of aryl methyl sites for hydroxylation is 1. The number of hydrogen-bond acceptors (Lipinski definition) is 3. The molecule has 1 saturated carbocycles. The summed E-state index contributed by atoms with van der Waals surface area (Å²) in [6, 6.07) is 9.25. The normalized spacial score (nSPS) is 21.1. The van der Waals surface area contributed by atoms with Crippen molar-refractivity contribution in [3.05, 3.63) is 35.4 Å². The summed E-state index contributed by atoms with van der Waals surface area (Å²) in [5, 5.41) is 6.47. The van der Waals surface area contributed by atoms with Crippen molar-refractivity contribution in [2.75, 3.05) is 6.54 Å². The molecule has 0 radical (unpaired) electrons. The lowest BCUT2D eigenvalue weighted by atomic mass is 9.86. The monoisotopic (exact) mass is 304 g/mol. The molecule has 0 aromatic heterocycles. The summed E-state index contributed by atoms with van der Waals surface area (Å²) in [6.07, 6.45) is 2.70. The predicted molar refractivity (Wildman–Crippen MR) is 89.1 cm³/mol. The Morgan fingerprint density at radius 2 is 1.91 bits per heavy atom. The summed E-state index contributed by atoms with van der Waals surface area (Å²) in [5.41, 5.74) is 2.32. The van der Waals surface area contributed by atoms with Crippen LogP contribution in [0.15, 0.2) is 24.3 Å². The number of amides is 1. The highest BCUT2D eigenvalue weighted by Crippen LogP contribution is 2.20. The summed E-state index contributed by atoms with van der Waals surface area (Å²) in [5.74, 6) is 0. The first kappa shape index (κ1) is 16.8. The second kappa shape index (κ2) is 7.14. The zero-order valence-corrected chi connectivity index (χ0v) is 14.1. The van der Waals surface area contributed by atoms with Gasteiger partial charge in [0, 0.05) is 12.1 Å². The fraction of sp³-hybridized carbons (Fsp3) is 0.611. The predicted octanol–water partition coefficient (Wildman–Crippen LogP) is 3.18. The standard InChI is InChI=1S/C18H28N2O2/c1-13-7-5-6-8-14(13)9-10-19-15-11-16(12-15)20-17(21)22-18(2,3)4/h5-8,15-16,19H,9-12H2,1-4H3,(H,20,21). The van der Waals surface area contributed by atoms with Crippen molar-refractivity contribution in [2.24, 2.45) is 0 Å². The number of rotatable bonds is 5. The van der Waals surface area contributed by atoms with E-state index >= 15 is 0 Å². The topological polar surface area (TPSA) is 50.4 Å². The minimum Gasteiger partial charge on any atom is -0.444 e. The van der Waals surface area contributed by atoms with Crippen molar-refractivity contribution in [2.45, 2.75) is 64.6 Å². The van der Waals surface area contributed by atoms with Crippen LogP contribution in [0.25, 0.3) is 0 Å². The number of ether oxygens (including phenoxy) is 1. The van der Waals surface area contributed by atoms with E-state index in [1.54, 1.807) is 0 Å². The van der Waals surface area contributed by atoms with Crippen LogP contribution in [-0.4, -0.2) is 30.3 Å². The fourth-order valence-electron chi connectivity index (χ4n) is 2.68. The molecule has 2 rings (SSSR count). The fourth-order valence-corrected chi connectivity index (χ4v) is 2.68. The maximum Gasteiger partial charge on any atom is 0.407 e. The third kappa shape index (κ3) is 5.34. The largest absolute Gasteiger partial charge is 0.444 e. The van der Waals surface area contributed by atoms with Gasteiger partial charge in [0.2, 0.25) is 0 Å². The number of alkyl carbamates (subject to hydrolysis) is 1. The molecule has 0 bridgehead atoms. The molecule has 1 amide bonds. The van der Waals surface area contributed by atoms with Crippen LogP contribution in [0.5, 0.6) is 0 Å². The van der Waals surface area contributed by atoms with Crippen LogP contribution in [0.2, 0.25) is 0 Å². The lowest BCUT2D eigenvalue weighted by Gasteiger charge is -2.36. The summed E-state index contributed by atoms with van der Waals surface area (Å²) in [4.78, 5) is 11.7. The average Bonchev–Trinajstić information content (AvgIpc) is 2.35. The van der Waals surface area contributed by atoms with E-state index in [2.05, 4.69) is 41.8 Å². The molecule has 0 atom stereocenters. The molecular formula is C18H28N2O2. The van der Waals surface area contributed by atoms with Gasteiger partial charge in [-0.2, -0.15) is 0 Å². The van der Waals surface area contributed by atoms with E-state index in [9.17, 15) is 4.79 Å². The zero-order valence-electron chi connectivity index (χ0n) is 14.1. The summed E-state index contributed by atoms with van der Waals surface area (Å²) in [6.45, 7) is 8.77. The average molecular weight is 304 g/mol. The van der Waals surface area contributed by atoms with Crippen molar-refractivity contribution in [1.29, 1.82) is 0 Å². The lowest BCUT2D eigenvalue weighted by Crippen LogP contribution is -2.53.